The number of hydrogen-bond acceptors (Lipinski definition) is 6. The van der Waals surface area contributed by atoms with Gasteiger partial charge in [0, 0.05) is 0 Å². The minimum atomic E-state index is -5.87. The van der Waals surface area contributed by atoms with Gasteiger partial charge in [0.15, 0.2) is 16.2 Å². The van der Waals surface area contributed by atoms with Crippen LogP contribution in [0.25, 0.3) is 10.8 Å². The molecule has 3 rings (SSSR count). The maximum Gasteiger partial charge on any atom is 1.00 e. The molecule has 1 unspecified atom stereocenters. The first-order valence-corrected chi connectivity index (χ1v) is 10.2. The molecule has 0 N–H and O–H groups in total. The topological polar surface area (TPSA) is 92.7 Å². The number of carbonyl (C=O) groups excluding carboxylic acids is 1. The summed E-state index contributed by atoms with van der Waals surface area (Å²) < 4.78 is 68.8. The van der Waals surface area contributed by atoms with Crippen LogP contribution in [0.5, 0.6) is 0 Å². The van der Waals surface area contributed by atoms with Crippen molar-refractivity contribution < 1.29 is 65.6 Å². The number of alkyl halides is 2. The Morgan fingerprint density at radius 1 is 0.968 bits per heavy atom. The third-order valence-electron chi connectivity index (χ3n) is 4.34. The molecule has 0 heterocycles. The zero-order valence-electron chi connectivity index (χ0n) is 16.5. The van der Waals surface area contributed by atoms with Gasteiger partial charge in [-0.2, -0.15) is 8.78 Å². The number of carbonyl (C=O) groups is 1. The van der Waals surface area contributed by atoms with E-state index in [4.69, 9.17) is 9.47 Å². The van der Waals surface area contributed by atoms with Crippen LogP contribution >= 0.6 is 0 Å². The molecule has 0 bridgehead atoms. The van der Waals surface area contributed by atoms with Gasteiger partial charge in [0.2, 0.25) is 0 Å². The zero-order valence-corrected chi connectivity index (χ0v) is 19.3. The van der Waals surface area contributed by atoms with Crippen LogP contribution in [0.2, 0.25) is 0 Å². The van der Waals surface area contributed by atoms with E-state index in [-0.39, 0.29) is 35.1 Å². The summed E-state index contributed by atoms with van der Waals surface area (Å²) in [5.41, 5.74) is 0.737. The summed E-state index contributed by atoms with van der Waals surface area (Å²) in [5.74, 6) is -0.701. The van der Waals surface area contributed by atoms with Crippen molar-refractivity contribution in [3.63, 3.8) is 0 Å². The summed E-state index contributed by atoms with van der Waals surface area (Å²) in [6.45, 7) is -2.21. The molecule has 3 aromatic carbocycles. The molecule has 0 saturated carbocycles. The van der Waals surface area contributed by atoms with E-state index in [0.29, 0.717) is 10.9 Å². The fourth-order valence-electron chi connectivity index (χ4n) is 2.82. The van der Waals surface area contributed by atoms with Crippen LogP contribution in [0, 0.1) is 0 Å². The van der Waals surface area contributed by atoms with Gasteiger partial charge in [-0.3, -0.25) is 0 Å². The van der Waals surface area contributed by atoms with E-state index in [1.54, 1.807) is 54.6 Å². The van der Waals surface area contributed by atoms with E-state index in [1.807, 2.05) is 18.2 Å². The van der Waals surface area contributed by atoms with Gasteiger partial charge in [0.1, 0.15) is 6.61 Å². The SMILES string of the molecule is O=C(OC(COCC(F)(F)S(=O)(=O)[O-])c1ccccc1)c1cccc2ccccc12.[Na+]. The van der Waals surface area contributed by atoms with Crippen molar-refractivity contribution in [2.45, 2.75) is 11.4 Å². The molecule has 0 saturated heterocycles. The average Bonchev–Trinajstić information content (AvgIpc) is 2.72. The number of halogens is 2. The van der Waals surface area contributed by atoms with Crippen LogP contribution in [0.4, 0.5) is 8.78 Å². The van der Waals surface area contributed by atoms with Crippen LogP contribution in [0.15, 0.2) is 72.8 Å². The molecule has 10 heteroatoms. The van der Waals surface area contributed by atoms with E-state index >= 15 is 0 Å². The van der Waals surface area contributed by atoms with Gasteiger partial charge in [-0.15, -0.1) is 0 Å². The molecule has 0 aromatic heterocycles. The van der Waals surface area contributed by atoms with Crippen LogP contribution < -0.4 is 29.6 Å². The van der Waals surface area contributed by atoms with Gasteiger partial charge in [0.05, 0.1) is 12.2 Å². The van der Waals surface area contributed by atoms with Crippen molar-refractivity contribution in [3.8, 4) is 0 Å². The Hall–Kier alpha value is -1.88. The summed E-state index contributed by atoms with van der Waals surface area (Å²) in [6.07, 6.45) is -1.09. The van der Waals surface area contributed by atoms with Crippen LogP contribution in [-0.2, 0) is 19.6 Å². The Bertz CT molecular complexity index is 1130. The predicted octanol–water partition coefficient (Wildman–Crippen LogP) is 0.896. The molecule has 0 aliphatic heterocycles. The largest absolute Gasteiger partial charge is 1.00 e. The first kappa shape index (κ1) is 25.4. The monoisotopic (exact) mass is 458 g/mol. The van der Waals surface area contributed by atoms with E-state index < -0.39 is 40.7 Å². The number of benzene rings is 3. The third-order valence-corrected chi connectivity index (χ3v) is 5.18. The first-order valence-electron chi connectivity index (χ1n) is 8.84. The molecule has 0 aliphatic rings. The normalized spacial score (nSPS) is 12.7. The van der Waals surface area contributed by atoms with Crippen molar-refractivity contribution >= 4 is 26.9 Å². The Morgan fingerprint density at radius 3 is 2.26 bits per heavy atom. The van der Waals surface area contributed by atoms with Gasteiger partial charge in [-0.05, 0) is 22.4 Å². The summed E-state index contributed by atoms with van der Waals surface area (Å²) in [5, 5.41) is -3.12. The van der Waals surface area contributed by atoms with Gasteiger partial charge in [-0.1, -0.05) is 66.7 Å². The smallest absolute Gasteiger partial charge is 0.743 e. The minimum Gasteiger partial charge on any atom is -0.743 e. The van der Waals surface area contributed by atoms with Crippen molar-refractivity contribution in [3.05, 3.63) is 83.9 Å². The second-order valence-electron chi connectivity index (χ2n) is 6.44. The van der Waals surface area contributed by atoms with Crippen molar-refractivity contribution in [1.29, 1.82) is 0 Å². The van der Waals surface area contributed by atoms with Gasteiger partial charge in [0.25, 0.3) is 0 Å². The minimum absolute atomic E-state index is 0. The maximum atomic E-state index is 13.4. The summed E-state index contributed by atoms with van der Waals surface area (Å²) in [4.78, 5) is 12.8. The second-order valence-corrected chi connectivity index (χ2v) is 7.94. The first-order chi connectivity index (χ1) is 14.2. The molecule has 31 heavy (non-hydrogen) atoms. The molecule has 0 spiro atoms. The Morgan fingerprint density at radius 2 is 1.58 bits per heavy atom. The van der Waals surface area contributed by atoms with Crippen LogP contribution in [0.3, 0.4) is 0 Å². The fraction of sp³-hybridized carbons (Fsp3) is 0.190. The Kier molecular flexibility index (Phi) is 8.70. The molecule has 6 nitrogen and oxygen atoms in total. The number of rotatable bonds is 8. The molecular formula is C21H17F2NaO6S. The van der Waals surface area contributed by atoms with Crippen molar-refractivity contribution in [2.75, 3.05) is 13.2 Å². The van der Waals surface area contributed by atoms with Gasteiger partial charge < -0.3 is 14.0 Å². The van der Waals surface area contributed by atoms with Gasteiger partial charge in [-0.25, -0.2) is 13.2 Å². The molecule has 0 amide bonds. The molecule has 0 aliphatic carbocycles. The standard InChI is InChI=1S/C21H18F2O6S.Na/c22-21(23,30(25,26)27)14-28-13-19(16-8-2-1-3-9-16)29-20(24)18-12-6-10-15-7-4-5-11-17(15)18;/h1-12,19H,13-14H2,(H,25,26,27);/q;+1/p-1. The third kappa shape index (κ3) is 6.31. The molecule has 0 fully saturated rings. The number of ether oxygens (including phenoxy) is 2. The number of hydrogen-bond donors (Lipinski definition) is 0. The zero-order chi connectivity index (χ0) is 21.8. The summed E-state index contributed by atoms with van der Waals surface area (Å²) >= 11 is 0. The Labute approximate surface area is 200 Å². The van der Waals surface area contributed by atoms with E-state index in [2.05, 4.69) is 0 Å². The molecule has 158 valence electrons. The second kappa shape index (κ2) is 10.6. The summed E-state index contributed by atoms with van der Waals surface area (Å²) in [7, 11) is -5.87. The molecule has 3 aromatic rings. The van der Waals surface area contributed by atoms with Crippen LogP contribution in [0.1, 0.15) is 22.0 Å². The van der Waals surface area contributed by atoms with Crippen LogP contribution in [-0.4, -0.2) is 37.4 Å². The number of esters is 1. The number of fused-ring (bicyclic) bond motifs is 1. The average molecular weight is 458 g/mol. The van der Waals surface area contributed by atoms with Crippen molar-refractivity contribution in [2.24, 2.45) is 0 Å². The Balaban J connectivity index is 0.00000341. The molecule has 1 atom stereocenters. The molecular weight excluding hydrogens is 441 g/mol. The van der Waals surface area contributed by atoms with E-state index in [0.717, 1.165) is 5.39 Å². The maximum absolute atomic E-state index is 13.4. The summed E-state index contributed by atoms with van der Waals surface area (Å²) in [6, 6.07) is 20.5. The molecule has 0 radical (unpaired) electrons. The van der Waals surface area contributed by atoms with Gasteiger partial charge >= 0.3 is 40.8 Å². The predicted molar refractivity (Wildman–Crippen MR) is 104 cm³/mol. The quantitative estimate of drug-likeness (QED) is 0.283. The fourth-order valence-corrected chi connectivity index (χ4v) is 3.05. The van der Waals surface area contributed by atoms with Crippen molar-refractivity contribution in [1.82, 2.24) is 0 Å². The van der Waals surface area contributed by atoms with E-state index in [9.17, 15) is 26.5 Å². The van der Waals surface area contributed by atoms with E-state index in [1.165, 1.54) is 0 Å².